The van der Waals surface area contributed by atoms with Gasteiger partial charge in [-0.05, 0) is 50.6 Å². The summed E-state index contributed by atoms with van der Waals surface area (Å²) in [6.07, 6.45) is 4.42. The number of carbonyl (C=O) groups excluding carboxylic acids is 1. The zero-order valence-corrected chi connectivity index (χ0v) is 21.3. The van der Waals surface area contributed by atoms with Crippen molar-refractivity contribution < 1.29 is 23.8 Å². The van der Waals surface area contributed by atoms with E-state index < -0.39 is 17.5 Å². The summed E-state index contributed by atoms with van der Waals surface area (Å²) in [4.78, 5) is 32.6. The molecule has 1 aromatic carbocycles. The number of hydrogen-bond donors (Lipinski definition) is 2. The summed E-state index contributed by atoms with van der Waals surface area (Å²) in [6.45, 7) is 8.71. The van der Waals surface area contributed by atoms with Crippen LogP contribution in [-0.4, -0.2) is 69.7 Å². The molecule has 1 aromatic heterocycles. The van der Waals surface area contributed by atoms with Crippen molar-refractivity contribution in [3.8, 4) is 0 Å². The van der Waals surface area contributed by atoms with Gasteiger partial charge >= 0.3 is 6.09 Å². The Labute approximate surface area is 215 Å². The van der Waals surface area contributed by atoms with E-state index in [9.17, 15) is 19.1 Å². The number of halogens is 1. The fourth-order valence-electron chi connectivity index (χ4n) is 5.34. The van der Waals surface area contributed by atoms with Crippen molar-refractivity contribution in [2.24, 2.45) is 0 Å². The smallest absolute Gasteiger partial charge is 0.407 e. The van der Waals surface area contributed by atoms with Gasteiger partial charge in [0.1, 0.15) is 17.2 Å². The van der Waals surface area contributed by atoms with E-state index in [-0.39, 0.29) is 11.9 Å². The van der Waals surface area contributed by atoms with Gasteiger partial charge in [-0.3, -0.25) is 14.7 Å². The molecule has 194 valence electrons. The van der Waals surface area contributed by atoms with Gasteiger partial charge in [-0.2, -0.15) is 0 Å². The number of piperazine rings is 1. The molecule has 3 aliphatic heterocycles. The number of nitrogens with zero attached hydrogens (tertiary/aromatic N) is 3. The number of anilines is 1. The van der Waals surface area contributed by atoms with Crippen LogP contribution in [0.1, 0.15) is 44.0 Å². The monoisotopic (exact) mass is 506 g/mol. The zero-order chi connectivity index (χ0) is 26.3. The molecule has 37 heavy (non-hydrogen) atoms. The number of nitrogens with one attached hydrogen (secondary N) is 1. The van der Waals surface area contributed by atoms with Crippen LogP contribution in [0.25, 0.3) is 11.1 Å². The number of aromatic nitrogens is 1. The lowest BCUT2D eigenvalue weighted by molar-refractivity contribution is -0.111. The van der Waals surface area contributed by atoms with E-state index in [1.807, 2.05) is 45.2 Å². The molecule has 9 heteroatoms. The third-order valence-corrected chi connectivity index (χ3v) is 7.37. The number of fused-ring (bicyclic) bond motifs is 1. The minimum absolute atomic E-state index is 0.0226. The highest BCUT2D eigenvalue weighted by molar-refractivity contribution is 6.32. The third-order valence-electron chi connectivity index (χ3n) is 7.37. The molecule has 0 bridgehead atoms. The van der Waals surface area contributed by atoms with Gasteiger partial charge in [0.2, 0.25) is 0 Å². The first-order valence-corrected chi connectivity index (χ1v) is 12.6. The molecular formula is C28H31FN4O4. The fourth-order valence-corrected chi connectivity index (χ4v) is 5.34. The molecule has 0 spiro atoms. The third kappa shape index (κ3) is 4.83. The van der Waals surface area contributed by atoms with E-state index in [1.54, 1.807) is 11.0 Å². The highest BCUT2D eigenvalue weighted by atomic mass is 19.1. The van der Waals surface area contributed by atoms with Crippen LogP contribution in [0.5, 0.6) is 0 Å². The summed E-state index contributed by atoms with van der Waals surface area (Å²) >= 11 is 0. The van der Waals surface area contributed by atoms with E-state index in [2.05, 4.69) is 15.2 Å². The van der Waals surface area contributed by atoms with Crippen LogP contribution in [-0.2, 0) is 16.0 Å². The second kappa shape index (κ2) is 9.63. The van der Waals surface area contributed by atoms with Gasteiger partial charge in [-0.1, -0.05) is 13.0 Å². The van der Waals surface area contributed by atoms with Gasteiger partial charge in [0, 0.05) is 67.2 Å². The Balaban J connectivity index is 1.30. The highest BCUT2D eigenvalue weighted by Gasteiger charge is 2.38. The maximum absolute atomic E-state index is 13.6. The molecule has 1 unspecified atom stereocenters. The van der Waals surface area contributed by atoms with Crippen LogP contribution in [0.15, 0.2) is 48.4 Å². The topological polar surface area (TPSA) is 95.0 Å². The molecule has 1 atom stereocenters. The summed E-state index contributed by atoms with van der Waals surface area (Å²) in [5, 5.41) is 12.1. The number of carboxylic acid groups (broad SMARTS) is 1. The van der Waals surface area contributed by atoms with Crippen LogP contribution in [0.2, 0.25) is 0 Å². The molecule has 1 saturated heterocycles. The molecule has 8 nitrogen and oxygen atoms in total. The lowest BCUT2D eigenvalue weighted by Gasteiger charge is -2.39. The molecule has 2 amide bonds. The Bertz CT molecular complexity index is 1300. The van der Waals surface area contributed by atoms with Crippen LogP contribution in [0, 0.1) is 5.82 Å². The first-order valence-electron chi connectivity index (χ1n) is 12.6. The van der Waals surface area contributed by atoms with Gasteiger partial charge in [0.05, 0.1) is 11.3 Å². The average molecular weight is 507 g/mol. The molecule has 1 fully saturated rings. The SMILES string of the molecule is CCC1CN(CCc2ccc(C3=C/C(=C4\C(=O)Nc5cc(F)ccc54)OC3(C)C)cn2)CCN1C(=O)O. The maximum atomic E-state index is 13.6. The van der Waals surface area contributed by atoms with Crippen molar-refractivity contribution >= 4 is 28.8 Å². The number of pyridine rings is 1. The predicted octanol–water partition coefficient (Wildman–Crippen LogP) is 4.39. The molecule has 0 aliphatic carbocycles. The summed E-state index contributed by atoms with van der Waals surface area (Å²) in [7, 11) is 0. The first kappa shape index (κ1) is 25.0. The average Bonchev–Trinajstić information content (AvgIpc) is 3.36. The van der Waals surface area contributed by atoms with Gasteiger partial charge in [0.25, 0.3) is 5.91 Å². The molecule has 0 saturated carbocycles. The van der Waals surface area contributed by atoms with Gasteiger partial charge in [0.15, 0.2) is 0 Å². The molecule has 0 radical (unpaired) electrons. The Kier molecular flexibility index (Phi) is 6.49. The fraction of sp³-hybridized carbons (Fsp3) is 0.393. The Morgan fingerprint density at radius 3 is 2.78 bits per heavy atom. The van der Waals surface area contributed by atoms with Gasteiger partial charge in [-0.15, -0.1) is 0 Å². The van der Waals surface area contributed by atoms with Gasteiger partial charge < -0.3 is 20.1 Å². The zero-order valence-electron chi connectivity index (χ0n) is 21.3. The summed E-state index contributed by atoms with van der Waals surface area (Å²) in [5.41, 5.74) is 3.56. The number of allylic oxidation sites excluding steroid dienone is 1. The minimum atomic E-state index is -0.845. The second-order valence-electron chi connectivity index (χ2n) is 10.2. The summed E-state index contributed by atoms with van der Waals surface area (Å²) < 4.78 is 19.8. The Hall–Kier alpha value is -3.72. The number of rotatable bonds is 5. The van der Waals surface area contributed by atoms with Crippen LogP contribution < -0.4 is 5.32 Å². The van der Waals surface area contributed by atoms with Crippen molar-refractivity contribution in [3.05, 3.63) is 71.0 Å². The molecular weight excluding hydrogens is 475 g/mol. The minimum Gasteiger partial charge on any atom is -0.482 e. The van der Waals surface area contributed by atoms with Crippen molar-refractivity contribution in [2.45, 2.75) is 45.3 Å². The lowest BCUT2D eigenvalue weighted by Crippen LogP contribution is -2.54. The van der Waals surface area contributed by atoms with Crippen molar-refractivity contribution in [3.63, 3.8) is 0 Å². The number of carbonyl (C=O) groups is 2. The first-order chi connectivity index (χ1) is 17.7. The number of ether oxygens (including phenoxy) is 1. The van der Waals surface area contributed by atoms with Crippen molar-refractivity contribution in [1.29, 1.82) is 0 Å². The number of benzene rings is 1. The number of amides is 2. The van der Waals surface area contributed by atoms with E-state index in [4.69, 9.17) is 4.74 Å². The Morgan fingerprint density at radius 2 is 2.08 bits per heavy atom. The molecule has 2 aromatic rings. The molecule has 4 heterocycles. The van der Waals surface area contributed by atoms with E-state index >= 15 is 0 Å². The van der Waals surface area contributed by atoms with E-state index in [0.717, 1.165) is 49.3 Å². The Morgan fingerprint density at radius 1 is 1.27 bits per heavy atom. The van der Waals surface area contributed by atoms with Crippen molar-refractivity contribution in [2.75, 3.05) is 31.5 Å². The largest absolute Gasteiger partial charge is 0.482 e. The molecule has 3 aliphatic rings. The second-order valence-corrected chi connectivity index (χ2v) is 10.2. The number of hydrogen-bond acceptors (Lipinski definition) is 5. The molecule has 2 N–H and O–H groups in total. The summed E-state index contributed by atoms with van der Waals surface area (Å²) in [5.74, 6) is -0.266. The standard InChI is InChI=1S/C28H31FN4O4/c1-4-20-16-32(11-12-33(20)27(35)36)10-9-19-7-5-17(15-30-19)22-14-24(37-28(22,2)3)25-21-8-6-18(29)13-23(21)31-26(25)34/h5-8,13-15,20H,4,9-12,16H2,1-3H3,(H,31,34)(H,35,36)/b25-24+. The predicted molar refractivity (Wildman–Crippen MR) is 138 cm³/mol. The quantitative estimate of drug-likeness (QED) is 0.584. The van der Waals surface area contributed by atoms with Crippen molar-refractivity contribution in [1.82, 2.24) is 14.8 Å². The van der Waals surface area contributed by atoms with Gasteiger partial charge in [-0.25, -0.2) is 9.18 Å². The van der Waals surface area contributed by atoms with E-state index in [0.29, 0.717) is 29.1 Å². The van der Waals surface area contributed by atoms with Crippen LogP contribution in [0.4, 0.5) is 14.9 Å². The van der Waals surface area contributed by atoms with Crippen LogP contribution >= 0.6 is 0 Å². The normalized spacial score (nSPS) is 22.9. The summed E-state index contributed by atoms with van der Waals surface area (Å²) in [6, 6.07) is 8.28. The maximum Gasteiger partial charge on any atom is 0.407 e. The lowest BCUT2D eigenvalue weighted by atomic mass is 9.93. The molecule has 5 rings (SSSR count). The van der Waals surface area contributed by atoms with E-state index in [1.165, 1.54) is 12.1 Å². The highest BCUT2D eigenvalue weighted by Crippen LogP contribution is 2.44. The van der Waals surface area contributed by atoms with Crippen LogP contribution in [0.3, 0.4) is 0 Å².